The van der Waals surface area contributed by atoms with Crippen molar-refractivity contribution in [3.63, 3.8) is 0 Å². The van der Waals surface area contributed by atoms with Crippen molar-refractivity contribution in [2.45, 2.75) is 41.5 Å². The third kappa shape index (κ3) is 11.0. The highest BCUT2D eigenvalue weighted by atomic mass is 33.2. The minimum Gasteiger partial charge on any atom is -0.122 e. The van der Waals surface area contributed by atoms with Gasteiger partial charge in [0.15, 0.2) is 0 Å². The molecule has 0 aromatic carbocycles. The summed E-state index contributed by atoms with van der Waals surface area (Å²) >= 11 is 4.83. The van der Waals surface area contributed by atoms with Crippen LogP contribution in [0.2, 0.25) is 0 Å². The second-order valence-electron chi connectivity index (χ2n) is 1.92. The fourth-order valence-electron chi connectivity index (χ4n) is 0.571. The summed E-state index contributed by atoms with van der Waals surface area (Å²) in [5.41, 5.74) is 0. The van der Waals surface area contributed by atoms with Crippen LogP contribution in [0.25, 0.3) is 0 Å². The van der Waals surface area contributed by atoms with Gasteiger partial charge >= 0.3 is 0 Å². The third-order valence-corrected chi connectivity index (χ3v) is 8.49. The highest BCUT2D eigenvalue weighted by Crippen LogP contribution is 1.92. The Morgan fingerprint density at radius 2 is 1.83 bits per heavy atom. The molecule has 1 atom stereocenters. The Hall–Kier alpha value is 1.01. The fraction of sp³-hybridized carbons (Fsp3) is 1.00. The van der Waals surface area contributed by atoms with E-state index in [4.69, 9.17) is 11.2 Å². The summed E-state index contributed by atoms with van der Waals surface area (Å²) < 4.78 is 0. The van der Waals surface area contributed by atoms with Crippen LogP contribution in [0.15, 0.2) is 0 Å². The number of unbranched alkanes of at least 4 members (excludes halogenated alkanes) is 1. The molecular formula is C8H22S4. The molecule has 0 nitrogen and oxygen atoms in total. The SMILES string of the molecule is C.C.CCCCS(CC)=S=S=S. The summed E-state index contributed by atoms with van der Waals surface area (Å²) in [5.74, 6) is 2.65. The van der Waals surface area contributed by atoms with Gasteiger partial charge in [0.2, 0.25) is 0 Å². The Morgan fingerprint density at radius 1 is 1.25 bits per heavy atom. The molecule has 0 saturated heterocycles. The molecule has 0 saturated carbocycles. The average Bonchev–Trinajstić information content (AvgIpc) is 1.98. The molecule has 1 unspecified atom stereocenters. The largest absolute Gasteiger partial charge is 0.122 e. The lowest BCUT2D eigenvalue weighted by Crippen LogP contribution is -1.97. The van der Waals surface area contributed by atoms with Gasteiger partial charge < -0.3 is 0 Å². The van der Waals surface area contributed by atoms with Crippen LogP contribution in [0.5, 0.6) is 0 Å². The molecule has 78 valence electrons. The molecule has 0 bridgehead atoms. The average molecular weight is 247 g/mol. The number of hydrogen-bond donors (Lipinski definition) is 0. The van der Waals surface area contributed by atoms with Gasteiger partial charge in [0, 0.05) is 0 Å². The van der Waals surface area contributed by atoms with Gasteiger partial charge in [0.25, 0.3) is 0 Å². The molecule has 0 aromatic rings. The molecule has 0 N–H and O–H groups in total. The molecular weight excluding hydrogens is 224 g/mol. The predicted molar refractivity (Wildman–Crippen MR) is 73.2 cm³/mol. The van der Waals surface area contributed by atoms with Gasteiger partial charge in [0.1, 0.15) is 0 Å². The van der Waals surface area contributed by atoms with Gasteiger partial charge in [0.05, 0.1) is 0 Å². The molecule has 0 aliphatic heterocycles. The lowest BCUT2D eigenvalue weighted by Gasteiger charge is -1.98. The minimum atomic E-state index is 0. The first-order valence-electron chi connectivity index (χ1n) is 3.49. The zero-order valence-corrected chi connectivity index (χ0v) is 9.73. The Balaban J connectivity index is -0.000000405. The Morgan fingerprint density at radius 3 is 2.17 bits per heavy atom. The van der Waals surface area contributed by atoms with Crippen LogP contribution in [-0.4, -0.2) is 11.5 Å². The monoisotopic (exact) mass is 246 g/mol. The highest BCUT2D eigenvalue weighted by Gasteiger charge is 1.88. The number of hydrogen-bond acceptors (Lipinski definition) is 1. The van der Waals surface area contributed by atoms with E-state index in [0.29, 0.717) is 9.45 Å². The minimum absolute atomic E-state index is 0. The quantitative estimate of drug-likeness (QED) is 0.734. The smallest absolute Gasteiger partial charge is 0.000324 e. The maximum absolute atomic E-state index is 4.83. The van der Waals surface area contributed by atoms with Crippen LogP contribution in [0.1, 0.15) is 41.5 Å². The number of rotatable bonds is 4. The maximum Gasteiger partial charge on any atom is -0.000324 e. The Bertz CT molecular complexity index is 164. The Labute approximate surface area is 91.2 Å². The van der Waals surface area contributed by atoms with E-state index < -0.39 is 0 Å². The molecule has 0 aliphatic carbocycles. The molecule has 0 heterocycles. The lowest BCUT2D eigenvalue weighted by molar-refractivity contribution is 0.895. The second-order valence-corrected chi connectivity index (χ2v) is 8.74. The summed E-state index contributed by atoms with van der Waals surface area (Å²) in [5, 5.41) is 0. The summed E-state index contributed by atoms with van der Waals surface area (Å²) in [6, 6.07) is 0. The van der Waals surface area contributed by atoms with Gasteiger partial charge in [-0.25, -0.2) is 0 Å². The van der Waals surface area contributed by atoms with Crippen molar-refractivity contribution in [2.75, 3.05) is 11.5 Å². The van der Waals surface area contributed by atoms with Crippen LogP contribution in [0.3, 0.4) is 0 Å². The molecule has 0 rings (SSSR count). The van der Waals surface area contributed by atoms with Gasteiger partial charge in [-0.05, 0) is 46.9 Å². The van der Waals surface area contributed by atoms with Gasteiger partial charge in [-0.15, -0.1) is 9.45 Å². The van der Waals surface area contributed by atoms with E-state index in [1.165, 1.54) is 33.2 Å². The van der Waals surface area contributed by atoms with Gasteiger partial charge in [-0.3, -0.25) is 0 Å². The van der Waals surface area contributed by atoms with Crippen LogP contribution in [0, 0.1) is 0 Å². The molecule has 0 spiro atoms. The molecule has 0 aromatic heterocycles. The zero-order valence-electron chi connectivity index (χ0n) is 6.46. The first kappa shape index (κ1) is 18.7. The van der Waals surface area contributed by atoms with Crippen molar-refractivity contribution in [3.8, 4) is 0 Å². The van der Waals surface area contributed by atoms with E-state index >= 15 is 0 Å². The lowest BCUT2D eigenvalue weighted by atomic mass is 10.4. The van der Waals surface area contributed by atoms with E-state index in [0.717, 1.165) is 0 Å². The van der Waals surface area contributed by atoms with Crippen LogP contribution < -0.4 is 0 Å². The first-order valence-corrected chi connectivity index (χ1v) is 8.65. The summed E-state index contributed by atoms with van der Waals surface area (Å²) in [7, 11) is 3.92. The summed E-state index contributed by atoms with van der Waals surface area (Å²) in [6.45, 7) is 4.49. The van der Waals surface area contributed by atoms with E-state index in [1.807, 2.05) is 8.88 Å². The van der Waals surface area contributed by atoms with Crippen molar-refractivity contribution in [2.24, 2.45) is 0 Å². The standard InChI is InChI=1S/C6H14S4.2CH4/c1-3-5-6-10(4-2)9-8-7;;/h3-6H2,1-2H3;2*1H4. The predicted octanol–water partition coefficient (Wildman–Crippen LogP) is 3.15. The van der Waals surface area contributed by atoms with Crippen LogP contribution in [0.4, 0.5) is 0 Å². The van der Waals surface area contributed by atoms with Crippen molar-refractivity contribution in [3.05, 3.63) is 0 Å². The normalized spacial score (nSPS) is 10.5. The molecule has 0 amide bonds. The van der Waals surface area contributed by atoms with E-state index in [1.54, 1.807) is 0 Å². The molecule has 0 fully saturated rings. The topological polar surface area (TPSA) is 0 Å². The summed E-state index contributed by atoms with van der Waals surface area (Å²) in [4.78, 5) is 0. The molecule has 0 radical (unpaired) electrons. The van der Waals surface area contributed by atoms with E-state index in [2.05, 4.69) is 13.8 Å². The first-order chi connectivity index (χ1) is 4.85. The van der Waals surface area contributed by atoms with Crippen molar-refractivity contribution < 1.29 is 0 Å². The maximum atomic E-state index is 4.83. The van der Waals surface area contributed by atoms with Crippen molar-refractivity contribution in [1.82, 2.24) is 0 Å². The van der Waals surface area contributed by atoms with E-state index in [9.17, 15) is 0 Å². The molecule has 0 aliphatic rings. The van der Waals surface area contributed by atoms with Crippen molar-refractivity contribution >= 4 is 38.4 Å². The Kier molecular flexibility index (Phi) is 22.7. The molecule has 4 heteroatoms. The van der Waals surface area contributed by atoms with Crippen molar-refractivity contribution in [1.29, 1.82) is 0 Å². The van der Waals surface area contributed by atoms with Gasteiger partial charge in [-0.1, -0.05) is 35.1 Å². The van der Waals surface area contributed by atoms with Gasteiger partial charge in [-0.2, -0.15) is 0 Å². The van der Waals surface area contributed by atoms with Crippen LogP contribution >= 0.6 is 0 Å². The fourth-order valence-corrected chi connectivity index (χ4v) is 7.10. The third-order valence-electron chi connectivity index (χ3n) is 1.17. The molecule has 12 heavy (non-hydrogen) atoms. The zero-order chi connectivity index (χ0) is 7.82. The van der Waals surface area contributed by atoms with Crippen LogP contribution in [-0.2, 0) is 38.4 Å². The van der Waals surface area contributed by atoms with E-state index in [-0.39, 0.29) is 14.9 Å². The second kappa shape index (κ2) is 14.5. The summed E-state index contributed by atoms with van der Waals surface area (Å²) in [6.07, 6.45) is 2.67. The highest BCUT2D eigenvalue weighted by molar-refractivity contribution is 8.58.